The molecule has 0 fully saturated rings. The van der Waals surface area contributed by atoms with E-state index in [1.807, 2.05) is 17.8 Å². The fourth-order valence-corrected chi connectivity index (χ4v) is 2.85. The number of nitrogen functional groups attached to an aromatic ring is 1. The molecule has 0 bridgehead atoms. The number of rotatable bonds is 7. The largest absolute Gasteiger partial charge is 0.369 e. The van der Waals surface area contributed by atoms with Crippen LogP contribution in [0.2, 0.25) is 0 Å². The molecule has 4 N–H and O–H groups in total. The molecule has 0 aromatic carbocycles. The molecule has 1 aromatic heterocycles. The van der Waals surface area contributed by atoms with E-state index in [-0.39, 0.29) is 10.2 Å². The van der Waals surface area contributed by atoms with E-state index in [1.54, 1.807) is 0 Å². The van der Waals surface area contributed by atoms with Crippen LogP contribution in [0.3, 0.4) is 0 Å². The molecule has 0 unspecified atom stereocenters. The van der Waals surface area contributed by atoms with Crippen LogP contribution in [0.25, 0.3) is 0 Å². The molecule has 0 spiro atoms. The Kier molecular flexibility index (Phi) is 6.28. The van der Waals surface area contributed by atoms with Gasteiger partial charge in [0, 0.05) is 22.8 Å². The Morgan fingerprint density at radius 2 is 1.71 bits per heavy atom. The van der Waals surface area contributed by atoms with Gasteiger partial charge >= 0.3 is 0 Å². The number of nitrogens with two attached hydrogens (primary N) is 1. The van der Waals surface area contributed by atoms with Crippen molar-refractivity contribution >= 4 is 23.4 Å². The Hall–Kier alpha value is -1.01. The highest BCUT2D eigenvalue weighted by Crippen LogP contribution is 2.31. The molecule has 0 aliphatic rings. The molecule has 0 aliphatic heterocycles. The Morgan fingerprint density at radius 3 is 2.14 bits per heavy atom. The number of hydrogen-bond donors (Lipinski definition) is 3. The molecule has 0 saturated heterocycles. The van der Waals surface area contributed by atoms with Crippen molar-refractivity contribution in [3.8, 4) is 0 Å². The summed E-state index contributed by atoms with van der Waals surface area (Å²) in [7, 11) is 0. The van der Waals surface area contributed by atoms with Gasteiger partial charge in [-0.25, -0.2) is 15.8 Å². The third-order valence-electron chi connectivity index (χ3n) is 3.86. The van der Waals surface area contributed by atoms with Crippen molar-refractivity contribution in [2.24, 2.45) is 5.84 Å². The van der Waals surface area contributed by atoms with Crippen LogP contribution in [-0.2, 0) is 5.41 Å². The molecule has 0 radical (unpaired) electrons. The maximum atomic E-state index is 5.52. The summed E-state index contributed by atoms with van der Waals surface area (Å²) in [6, 6.07) is 1.85. The highest BCUT2D eigenvalue weighted by Gasteiger charge is 2.25. The predicted octanol–water partition coefficient (Wildman–Crippen LogP) is 3.39. The Bertz CT molecular complexity index is 444. The van der Waals surface area contributed by atoms with E-state index < -0.39 is 0 Å². The molecule has 5 nitrogen and oxygen atoms in total. The van der Waals surface area contributed by atoms with Gasteiger partial charge < -0.3 is 10.7 Å². The molecule has 21 heavy (non-hydrogen) atoms. The summed E-state index contributed by atoms with van der Waals surface area (Å²) in [5.41, 5.74) is 2.51. The van der Waals surface area contributed by atoms with E-state index in [1.165, 1.54) is 0 Å². The first kappa shape index (κ1) is 18.0. The van der Waals surface area contributed by atoms with Crippen molar-refractivity contribution < 1.29 is 0 Å². The summed E-state index contributed by atoms with van der Waals surface area (Å²) >= 11 is 1.91. The number of thioether (sulfide) groups is 1. The van der Waals surface area contributed by atoms with Crippen LogP contribution in [0.1, 0.15) is 53.3 Å². The van der Waals surface area contributed by atoms with E-state index in [9.17, 15) is 0 Å². The third kappa shape index (κ3) is 4.74. The number of anilines is 2. The van der Waals surface area contributed by atoms with Crippen LogP contribution in [0.15, 0.2) is 6.07 Å². The normalized spacial score (nSPS) is 12.3. The van der Waals surface area contributed by atoms with Crippen LogP contribution >= 0.6 is 11.8 Å². The van der Waals surface area contributed by atoms with Gasteiger partial charge in [-0.05, 0) is 19.1 Å². The van der Waals surface area contributed by atoms with E-state index >= 15 is 0 Å². The second kappa shape index (κ2) is 7.31. The molecule has 0 atom stereocenters. The first-order valence-electron chi connectivity index (χ1n) is 7.45. The molecular weight excluding hydrogens is 282 g/mol. The van der Waals surface area contributed by atoms with Crippen molar-refractivity contribution in [1.29, 1.82) is 0 Å². The van der Waals surface area contributed by atoms with Gasteiger partial charge in [0.25, 0.3) is 0 Å². The van der Waals surface area contributed by atoms with Crippen LogP contribution in [-0.4, -0.2) is 27.5 Å². The fourth-order valence-electron chi connectivity index (χ4n) is 2.06. The fraction of sp³-hybridized carbons (Fsp3) is 0.733. The lowest BCUT2D eigenvalue weighted by Gasteiger charge is -2.30. The minimum absolute atomic E-state index is 0.116. The molecule has 0 saturated carbocycles. The molecule has 0 amide bonds. The van der Waals surface area contributed by atoms with Gasteiger partial charge in [-0.3, -0.25) is 0 Å². The quantitative estimate of drug-likeness (QED) is 0.529. The number of hydrogen-bond acceptors (Lipinski definition) is 6. The minimum Gasteiger partial charge on any atom is -0.369 e. The molecule has 1 rings (SSSR count). The van der Waals surface area contributed by atoms with Crippen molar-refractivity contribution in [2.45, 2.75) is 57.6 Å². The van der Waals surface area contributed by atoms with Crippen molar-refractivity contribution in [2.75, 3.05) is 23.5 Å². The standard InChI is InChI=1S/C15H29N5S/c1-7-15(8-2,21-6)10-17-11-9-12(20-16)19-13(18-11)14(3,4)5/h9H,7-8,10,16H2,1-6H3,(H2,17,18,19,20). The van der Waals surface area contributed by atoms with Gasteiger partial charge in [-0.1, -0.05) is 34.6 Å². The second-order valence-corrected chi connectivity index (χ2v) is 7.58. The summed E-state index contributed by atoms with van der Waals surface area (Å²) < 4.78 is 0.239. The van der Waals surface area contributed by atoms with Crippen LogP contribution < -0.4 is 16.6 Å². The smallest absolute Gasteiger partial charge is 0.145 e. The summed E-state index contributed by atoms with van der Waals surface area (Å²) in [4.78, 5) is 9.07. The monoisotopic (exact) mass is 311 g/mol. The Labute approximate surface area is 132 Å². The number of nitrogens with one attached hydrogen (secondary N) is 2. The number of hydrazine groups is 1. The SMILES string of the molecule is CCC(CC)(CNc1cc(NN)nc(C(C)(C)C)n1)SC. The average Bonchev–Trinajstić information content (AvgIpc) is 2.48. The maximum Gasteiger partial charge on any atom is 0.145 e. The van der Waals surface area contributed by atoms with Gasteiger partial charge in [0.2, 0.25) is 0 Å². The van der Waals surface area contributed by atoms with Crippen LogP contribution in [0, 0.1) is 0 Å². The van der Waals surface area contributed by atoms with E-state index in [0.717, 1.165) is 31.0 Å². The van der Waals surface area contributed by atoms with Gasteiger partial charge in [0.05, 0.1) is 0 Å². The average molecular weight is 311 g/mol. The molecule has 1 aromatic rings. The van der Waals surface area contributed by atoms with Crippen molar-refractivity contribution in [1.82, 2.24) is 9.97 Å². The number of aromatic nitrogens is 2. The zero-order valence-corrected chi connectivity index (χ0v) is 14.9. The first-order chi connectivity index (χ1) is 9.80. The van der Waals surface area contributed by atoms with Crippen LogP contribution in [0.4, 0.5) is 11.6 Å². The lowest BCUT2D eigenvalue weighted by molar-refractivity contribution is 0.544. The summed E-state index contributed by atoms with van der Waals surface area (Å²) in [6.45, 7) is 11.6. The zero-order valence-electron chi connectivity index (χ0n) is 14.1. The van der Waals surface area contributed by atoms with Gasteiger partial charge in [-0.2, -0.15) is 11.8 Å². The zero-order chi connectivity index (χ0) is 16.1. The van der Waals surface area contributed by atoms with E-state index in [0.29, 0.717) is 5.82 Å². The molecular formula is C15H29N5S. The predicted molar refractivity (Wildman–Crippen MR) is 93.9 cm³/mol. The molecule has 120 valence electrons. The maximum absolute atomic E-state index is 5.52. The summed E-state index contributed by atoms with van der Waals surface area (Å²) in [5.74, 6) is 7.76. The minimum atomic E-state index is -0.116. The first-order valence-corrected chi connectivity index (χ1v) is 8.68. The highest BCUT2D eigenvalue weighted by molar-refractivity contribution is 8.00. The third-order valence-corrected chi connectivity index (χ3v) is 5.45. The van der Waals surface area contributed by atoms with Gasteiger partial charge in [0.15, 0.2) is 0 Å². The van der Waals surface area contributed by atoms with E-state index in [2.05, 4.69) is 61.6 Å². The second-order valence-electron chi connectivity index (χ2n) is 6.30. The highest BCUT2D eigenvalue weighted by atomic mass is 32.2. The lowest BCUT2D eigenvalue weighted by atomic mass is 9.96. The summed E-state index contributed by atoms with van der Waals surface area (Å²) in [5, 5.41) is 3.46. The Balaban J connectivity index is 2.98. The van der Waals surface area contributed by atoms with Crippen LogP contribution in [0.5, 0.6) is 0 Å². The van der Waals surface area contributed by atoms with Crippen molar-refractivity contribution in [3.05, 3.63) is 11.9 Å². The Morgan fingerprint density at radius 1 is 1.14 bits per heavy atom. The molecule has 6 heteroatoms. The van der Waals surface area contributed by atoms with Crippen molar-refractivity contribution in [3.63, 3.8) is 0 Å². The van der Waals surface area contributed by atoms with E-state index in [4.69, 9.17) is 5.84 Å². The topological polar surface area (TPSA) is 75.9 Å². The lowest BCUT2D eigenvalue weighted by Crippen LogP contribution is -2.32. The molecule has 0 aliphatic carbocycles. The summed E-state index contributed by atoms with van der Waals surface area (Å²) in [6.07, 6.45) is 4.41. The van der Waals surface area contributed by atoms with Gasteiger partial charge in [0.1, 0.15) is 17.5 Å². The van der Waals surface area contributed by atoms with Gasteiger partial charge in [-0.15, -0.1) is 0 Å². The molecule has 1 heterocycles. The number of nitrogens with zero attached hydrogens (tertiary/aromatic N) is 2.